The maximum Gasteiger partial charge on any atom is 0.0802 e. The number of nitrogens with zero attached hydrogens (tertiary/aromatic N) is 1. The molecule has 0 radical (unpaired) electrons. The molecule has 1 heterocycles. The van der Waals surface area contributed by atoms with Gasteiger partial charge in [-0.1, -0.05) is 0 Å². The van der Waals surface area contributed by atoms with Crippen LogP contribution in [0.4, 0.5) is 0 Å². The molecule has 0 amide bonds. The van der Waals surface area contributed by atoms with Crippen LogP contribution in [0.5, 0.6) is 0 Å². The van der Waals surface area contributed by atoms with Crippen LogP contribution in [0.1, 0.15) is 32.1 Å². The molecule has 1 aliphatic heterocycles. The predicted octanol–water partition coefficient (Wildman–Crippen LogP) is 0.996. The van der Waals surface area contributed by atoms with Gasteiger partial charge in [0.05, 0.1) is 5.60 Å². The van der Waals surface area contributed by atoms with Crippen molar-refractivity contribution in [2.24, 2.45) is 0 Å². The van der Waals surface area contributed by atoms with Crippen molar-refractivity contribution in [3.8, 4) is 0 Å². The van der Waals surface area contributed by atoms with Crippen LogP contribution in [0.15, 0.2) is 0 Å². The van der Waals surface area contributed by atoms with Gasteiger partial charge in [0.15, 0.2) is 0 Å². The molecule has 0 aromatic heterocycles. The Kier molecular flexibility index (Phi) is 1.69. The summed E-state index contributed by atoms with van der Waals surface area (Å²) >= 11 is 0. The van der Waals surface area contributed by atoms with E-state index in [0.29, 0.717) is 6.04 Å². The van der Waals surface area contributed by atoms with Gasteiger partial charge in [-0.25, -0.2) is 0 Å². The van der Waals surface area contributed by atoms with Crippen LogP contribution < -0.4 is 0 Å². The van der Waals surface area contributed by atoms with Gasteiger partial charge in [-0.05, 0) is 45.7 Å². The third-order valence-electron chi connectivity index (χ3n) is 3.36. The molecule has 0 aromatic carbocycles. The fourth-order valence-electron chi connectivity index (χ4n) is 2.46. The van der Waals surface area contributed by atoms with E-state index in [0.717, 1.165) is 12.8 Å². The third-order valence-corrected chi connectivity index (χ3v) is 3.36. The van der Waals surface area contributed by atoms with Crippen molar-refractivity contribution in [3.63, 3.8) is 0 Å². The van der Waals surface area contributed by atoms with Crippen LogP contribution in [-0.4, -0.2) is 35.2 Å². The number of hydrogen-bond acceptors (Lipinski definition) is 2. The Morgan fingerprint density at radius 1 is 1.36 bits per heavy atom. The van der Waals surface area contributed by atoms with Gasteiger partial charge in [-0.15, -0.1) is 0 Å². The maximum atomic E-state index is 10.0. The summed E-state index contributed by atoms with van der Waals surface area (Å²) < 4.78 is 0. The highest BCUT2D eigenvalue weighted by molar-refractivity contribution is 5.00. The van der Waals surface area contributed by atoms with Crippen molar-refractivity contribution in [2.75, 3.05) is 13.6 Å². The Balaban J connectivity index is 2.02. The van der Waals surface area contributed by atoms with Gasteiger partial charge in [-0.3, -0.25) is 0 Å². The Morgan fingerprint density at radius 2 is 2.09 bits per heavy atom. The average Bonchev–Trinajstić information content (AvgIpc) is 2.30. The summed E-state index contributed by atoms with van der Waals surface area (Å²) in [4.78, 5) is 2.32. The van der Waals surface area contributed by atoms with Crippen LogP contribution in [0.2, 0.25) is 0 Å². The van der Waals surface area contributed by atoms with E-state index in [2.05, 4.69) is 11.9 Å². The molecule has 2 aliphatic rings. The lowest BCUT2D eigenvalue weighted by atomic mass is 9.74. The minimum Gasteiger partial charge on any atom is -0.388 e. The van der Waals surface area contributed by atoms with Crippen LogP contribution in [-0.2, 0) is 0 Å². The van der Waals surface area contributed by atoms with Crippen molar-refractivity contribution in [1.82, 2.24) is 4.90 Å². The Morgan fingerprint density at radius 3 is 2.45 bits per heavy atom. The van der Waals surface area contributed by atoms with E-state index in [4.69, 9.17) is 0 Å². The first kappa shape index (κ1) is 7.56. The zero-order valence-electron chi connectivity index (χ0n) is 7.21. The van der Waals surface area contributed by atoms with E-state index < -0.39 is 0 Å². The zero-order valence-corrected chi connectivity index (χ0v) is 7.21. The second-order valence-electron chi connectivity index (χ2n) is 4.10. The van der Waals surface area contributed by atoms with E-state index in [1.54, 1.807) is 0 Å². The fraction of sp³-hybridized carbons (Fsp3) is 1.00. The van der Waals surface area contributed by atoms with E-state index in [1.165, 1.54) is 25.8 Å². The molecule has 0 aromatic rings. The van der Waals surface area contributed by atoms with Crippen LogP contribution >= 0.6 is 0 Å². The number of rotatable bonds is 1. The lowest BCUT2D eigenvalue weighted by Crippen LogP contribution is -2.52. The van der Waals surface area contributed by atoms with Gasteiger partial charge in [-0.2, -0.15) is 0 Å². The number of hydrogen-bond donors (Lipinski definition) is 1. The molecule has 1 aliphatic carbocycles. The van der Waals surface area contributed by atoms with E-state index >= 15 is 0 Å². The first-order valence-corrected chi connectivity index (χ1v) is 4.65. The molecule has 1 saturated heterocycles. The van der Waals surface area contributed by atoms with Crippen molar-refractivity contribution in [2.45, 2.75) is 43.7 Å². The Labute approximate surface area is 68.2 Å². The van der Waals surface area contributed by atoms with Crippen molar-refractivity contribution in [3.05, 3.63) is 0 Å². The number of likely N-dealkylation sites (tertiary alicyclic amines) is 1. The number of aliphatic hydroxyl groups is 1. The molecule has 2 heteroatoms. The molecule has 1 N–H and O–H groups in total. The normalized spacial score (nSPS) is 37.1. The van der Waals surface area contributed by atoms with Gasteiger partial charge >= 0.3 is 0 Å². The summed E-state index contributed by atoms with van der Waals surface area (Å²) in [6.45, 7) is 1.17. The highest BCUT2D eigenvalue weighted by Gasteiger charge is 2.45. The monoisotopic (exact) mass is 155 g/mol. The van der Waals surface area contributed by atoms with Crippen molar-refractivity contribution < 1.29 is 5.11 Å². The molecule has 2 fully saturated rings. The van der Waals surface area contributed by atoms with Gasteiger partial charge in [0.1, 0.15) is 0 Å². The topological polar surface area (TPSA) is 23.5 Å². The van der Waals surface area contributed by atoms with Gasteiger partial charge in [0.2, 0.25) is 0 Å². The molecule has 1 saturated carbocycles. The predicted molar refractivity (Wildman–Crippen MR) is 44.5 cm³/mol. The molecule has 2 nitrogen and oxygen atoms in total. The molecular formula is C9H17NO. The molecule has 11 heavy (non-hydrogen) atoms. The second kappa shape index (κ2) is 2.46. The van der Waals surface area contributed by atoms with E-state index in [9.17, 15) is 5.11 Å². The summed E-state index contributed by atoms with van der Waals surface area (Å²) in [6.07, 6.45) is 5.75. The third kappa shape index (κ3) is 1.09. The van der Waals surface area contributed by atoms with Gasteiger partial charge < -0.3 is 10.0 Å². The lowest BCUT2D eigenvalue weighted by Gasteiger charge is -2.44. The summed E-state index contributed by atoms with van der Waals surface area (Å²) in [6, 6.07) is 0.469. The molecule has 2 rings (SSSR count). The van der Waals surface area contributed by atoms with Gasteiger partial charge in [0, 0.05) is 6.04 Å². The van der Waals surface area contributed by atoms with E-state index in [1.807, 2.05) is 0 Å². The largest absolute Gasteiger partial charge is 0.388 e. The highest BCUT2D eigenvalue weighted by atomic mass is 16.3. The highest BCUT2D eigenvalue weighted by Crippen LogP contribution is 2.40. The molecule has 0 bridgehead atoms. The Bertz CT molecular complexity index is 154. The average molecular weight is 155 g/mol. The first-order chi connectivity index (χ1) is 5.22. The first-order valence-electron chi connectivity index (χ1n) is 4.65. The van der Waals surface area contributed by atoms with Crippen LogP contribution in [0.25, 0.3) is 0 Å². The van der Waals surface area contributed by atoms with Crippen LogP contribution in [0.3, 0.4) is 0 Å². The molecule has 64 valence electrons. The fourth-order valence-corrected chi connectivity index (χ4v) is 2.46. The number of likely N-dealkylation sites (N-methyl/N-ethyl adjacent to an activating group) is 1. The van der Waals surface area contributed by atoms with Crippen molar-refractivity contribution in [1.29, 1.82) is 0 Å². The Hall–Kier alpha value is -0.0800. The zero-order chi connectivity index (χ0) is 7.90. The lowest BCUT2D eigenvalue weighted by molar-refractivity contribution is -0.0862. The second-order valence-corrected chi connectivity index (χ2v) is 4.10. The standard InChI is InChI=1S/C9H17NO/c1-10-7-2-4-8(10)9(11)5-3-6-9/h8,11H,2-7H2,1H3. The maximum absolute atomic E-state index is 10.0. The molecule has 0 spiro atoms. The SMILES string of the molecule is CN1CCCC1C1(O)CCC1. The molecular weight excluding hydrogens is 138 g/mol. The summed E-state index contributed by atoms with van der Waals surface area (Å²) in [5.41, 5.74) is -0.300. The summed E-state index contributed by atoms with van der Waals surface area (Å²) in [7, 11) is 2.13. The summed E-state index contributed by atoms with van der Waals surface area (Å²) in [5.74, 6) is 0. The van der Waals surface area contributed by atoms with Gasteiger partial charge in [0.25, 0.3) is 0 Å². The van der Waals surface area contributed by atoms with Crippen molar-refractivity contribution >= 4 is 0 Å². The molecule has 1 atom stereocenters. The van der Waals surface area contributed by atoms with E-state index in [-0.39, 0.29) is 5.60 Å². The minimum absolute atomic E-state index is 0.300. The van der Waals surface area contributed by atoms with Crippen LogP contribution in [0, 0.1) is 0 Å². The minimum atomic E-state index is -0.300. The smallest absolute Gasteiger partial charge is 0.0802 e. The quantitative estimate of drug-likeness (QED) is 0.610. The summed E-state index contributed by atoms with van der Waals surface area (Å²) in [5, 5.41) is 10.0. The molecule has 1 unspecified atom stereocenters.